The standard InChI is InChI=1S/C15H21N3/c1-4-12-7-5-6-8-14(12)15(16-2)11-13-9-10-18(3)17-13/h5-10,15-16H,4,11H2,1-3H3. The number of likely N-dealkylation sites (N-methyl/N-ethyl adjacent to an activating group) is 1. The van der Waals surface area contributed by atoms with E-state index >= 15 is 0 Å². The van der Waals surface area contributed by atoms with Crippen LogP contribution in [-0.2, 0) is 19.9 Å². The van der Waals surface area contributed by atoms with Crippen LogP contribution < -0.4 is 5.32 Å². The topological polar surface area (TPSA) is 29.9 Å². The highest BCUT2D eigenvalue weighted by atomic mass is 15.2. The van der Waals surface area contributed by atoms with Gasteiger partial charge in [0.05, 0.1) is 5.69 Å². The lowest BCUT2D eigenvalue weighted by Gasteiger charge is -2.18. The van der Waals surface area contributed by atoms with Crippen LogP contribution in [0.1, 0.15) is 29.8 Å². The zero-order chi connectivity index (χ0) is 13.0. The summed E-state index contributed by atoms with van der Waals surface area (Å²) in [5.74, 6) is 0. The van der Waals surface area contributed by atoms with Crippen LogP contribution in [0.25, 0.3) is 0 Å². The predicted molar refractivity (Wildman–Crippen MR) is 74.5 cm³/mol. The Labute approximate surface area is 109 Å². The highest BCUT2D eigenvalue weighted by molar-refractivity contribution is 5.31. The molecule has 0 saturated carbocycles. The molecule has 1 unspecified atom stereocenters. The number of aromatic nitrogens is 2. The van der Waals surface area contributed by atoms with Crippen molar-refractivity contribution < 1.29 is 0 Å². The quantitative estimate of drug-likeness (QED) is 0.874. The second kappa shape index (κ2) is 5.83. The molecular formula is C15H21N3. The molecule has 0 saturated heterocycles. The molecule has 3 heteroatoms. The van der Waals surface area contributed by atoms with Crippen molar-refractivity contribution >= 4 is 0 Å². The lowest BCUT2D eigenvalue weighted by atomic mass is 9.95. The summed E-state index contributed by atoms with van der Waals surface area (Å²) in [6.07, 6.45) is 3.98. The fourth-order valence-corrected chi connectivity index (χ4v) is 2.34. The number of hydrogen-bond acceptors (Lipinski definition) is 2. The van der Waals surface area contributed by atoms with E-state index < -0.39 is 0 Å². The van der Waals surface area contributed by atoms with Gasteiger partial charge in [-0.1, -0.05) is 31.2 Å². The maximum Gasteiger partial charge on any atom is 0.0643 e. The van der Waals surface area contributed by atoms with Gasteiger partial charge in [-0.25, -0.2) is 0 Å². The summed E-state index contributed by atoms with van der Waals surface area (Å²) in [5.41, 5.74) is 3.92. The van der Waals surface area contributed by atoms with Crippen molar-refractivity contribution in [2.45, 2.75) is 25.8 Å². The molecule has 1 heterocycles. The normalized spacial score (nSPS) is 12.6. The average molecular weight is 243 g/mol. The molecule has 0 aliphatic heterocycles. The summed E-state index contributed by atoms with van der Waals surface area (Å²) in [4.78, 5) is 0. The highest BCUT2D eigenvalue weighted by Crippen LogP contribution is 2.21. The summed E-state index contributed by atoms with van der Waals surface area (Å²) in [5, 5.41) is 7.86. The smallest absolute Gasteiger partial charge is 0.0643 e. The lowest BCUT2D eigenvalue weighted by molar-refractivity contribution is 0.573. The first-order valence-electron chi connectivity index (χ1n) is 6.48. The molecule has 2 rings (SSSR count). The summed E-state index contributed by atoms with van der Waals surface area (Å²) >= 11 is 0. The summed E-state index contributed by atoms with van der Waals surface area (Å²) in [7, 11) is 3.97. The first-order chi connectivity index (χ1) is 8.74. The van der Waals surface area contributed by atoms with Gasteiger partial charge in [-0.3, -0.25) is 4.68 Å². The first-order valence-corrected chi connectivity index (χ1v) is 6.48. The molecule has 1 aromatic carbocycles. The molecular weight excluding hydrogens is 222 g/mol. The van der Waals surface area contributed by atoms with E-state index in [0.717, 1.165) is 18.5 Å². The van der Waals surface area contributed by atoms with Crippen molar-refractivity contribution in [3.8, 4) is 0 Å². The zero-order valence-electron chi connectivity index (χ0n) is 11.4. The van der Waals surface area contributed by atoms with Crippen molar-refractivity contribution in [3.05, 3.63) is 53.3 Å². The number of benzene rings is 1. The van der Waals surface area contributed by atoms with Crippen LogP contribution in [0.2, 0.25) is 0 Å². The van der Waals surface area contributed by atoms with E-state index in [-0.39, 0.29) is 0 Å². The maximum atomic E-state index is 4.46. The van der Waals surface area contributed by atoms with Crippen LogP contribution in [0, 0.1) is 0 Å². The molecule has 0 aliphatic carbocycles. The first kappa shape index (κ1) is 12.8. The Morgan fingerprint density at radius 1 is 1.28 bits per heavy atom. The van der Waals surface area contributed by atoms with Crippen molar-refractivity contribution in [2.24, 2.45) is 7.05 Å². The number of rotatable bonds is 5. The number of nitrogens with zero attached hydrogens (tertiary/aromatic N) is 2. The van der Waals surface area contributed by atoms with Crippen LogP contribution >= 0.6 is 0 Å². The van der Waals surface area contributed by atoms with Gasteiger partial charge in [0, 0.05) is 25.7 Å². The van der Waals surface area contributed by atoms with Crippen molar-refractivity contribution in [1.29, 1.82) is 0 Å². The average Bonchev–Trinajstić information content (AvgIpc) is 2.81. The maximum absolute atomic E-state index is 4.46. The van der Waals surface area contributed by atoms with Gasteiger partial charge in [0.25, 0.3) is 0 Å². The molecule has 0 fully saturated rings. The molecule has 0 aliphatic rings. The van der Waals surface area contributed by atoms with Crippen molar-refractivity contribution in [1.82, 2.24) is 15.1 Å². The Hall–Kier alpha value is -1.61. The monoisotopic (exact) mass is 243 g/mol. The molecule has 18 heavy (non-hydrogen) atoms. The molecule has 3 nitrogen and oxygen atoms in total. The second-order valence-electron chi connectivity index (χ2n) is 4.58. The largest absolute Gasteiger partial charge is 0.313 e. The summed E-state index contributed by atoms with van der Waals surface area (Å²) in [6.45, 7) is 2.20. The third-order valence-corrected chi connectivity index (χ3v) is 3.34. The minimum absolute atomic E-state index is 0.330. The number of hydrogen-bond donors (Lipinski definition) is 1. The van der Waals surface area contributed by atoms with Gasteiger partial charge >= 0.3 is 0 Å². The van der Waals surface area contributed by atoms with E-state index in [2.05, 4.69) is 47.7 Å². The molecule has 0 radical (unpaired) electrons. The lowest BCUT2D eigenvalue weighted by Crippen LogP contribution is -2.20. The Morgan fingerprint density at radius 2 is 2.06 bits per heavy atom. The van der Waals surface area contributed by atoms with E-state index in [1.165, 1.54) is 11.1 Å². The summed E-state index contributed by atoms with van der Waals surface area (Å²) in [6, 6.07) is 11.0. The molecule has 96 valence electrons. The van der Waals surface area contributed by atoms with Gasteiger partial charge in [0.15, 0.2) is 0 Å². The Bertz CT molecular complexity index is 502. The van der Waals surface area contributed by atoms with Gasteiger partial charge in [-0.15, -0.1) is 0 Å². The Kier molecular flexibility index (Phi) is 4.15. The molecule has 0 spiro atoms. The van der Waals surface area contributed by atoms with Crippen LogP contribution in [0.5, 0.6) is 0 Å². The van der Waals surface area contributed by atoms with Gasteiger partial charge in [0.1, 0.15) is 0 Å². The summed E-state index contributed by atoms with van der Waals surface area (Å²) < 4.78 is 1.85. The van der Waals surface area contributed by atoms with Crippen LogP contribution in [-0.4, -0.2) is 16.8 Å². The van der Waals surface area contributed by atoms with Crippen LogP contribution in [0.15, 0.2) is 36.5 Å². The fraction of sp³-hybridized carbons (Fsp3) is 0.400. The van der Waals surface area contributed by atoms with Gasteiger partial charge in [-0.05, 0) is 30.7 Å². The van der Waals surface area contributed by atoms with E-state index in [1.54, 1.807) is 0 Å². The number of nitrogens with one attached hydrogen (secondary N) is 1. The third kappa shape index (κ3) is 2.79. The van der Waals surface area contributed by atoms with E-state index in [1.807, 2.05) is 25.0 Å². The highest BCUT2D eigenvalue weighted by Gasteiger charge is 2.14. The number of aryl methyl sites for hydroxylation is 2. The SMILES string of the molecule is CCc1ccccc1C(Cc1ccn(C)n1)NC. The predicted octanol–water partition coefficient (Wildman–Crippen LogP) is 2.49. The molecule has 0 amide bonds. The van der Waals surface area contributed by atoms with Crippen LogP contribution in [0.3, 0.4) is 0 Å². The van der Waals surface area contributed by atoms with Gasteiger partial charge in [-0.2, -0.15) is 5.10 Å². The molecule has 1 atom stereocenters. The van der Waals surface area contributed by atoms with E-state index in [9.17, 15) is 0 Å². The molecule has 0 bridgehead atoms. The van der Waals surface area contributed by atoms with Crippen LogP contribution in [0.4, 0.5) is 0 Å². The Morgan fingerprint density at radius 3 is 2.67 bits per heavy atom. The van der Waals surface area contributed by atoms with Gasteiger partial charge in [0.2, 0.25) is 0 Å². The van der Waals surface area contributed by atoms with Gasteiger partial charge < -0.3 is 5.32 Å². The van der Waals surface area contributed by atoms with E-state index in [4.69, 9.17) is 0 Å². The van der Waals surface area contributed by atoms with E-state index in [0.29, 0.717) is 6.04 Å². The van der Waals surface area contributed by atoms with Crippen molar-refractivity contribution in [2.75, 3.05) is 7.05 Å². The molecule has 2 aromatic rings. The Balaban J connectivity index is 2.22. The molecule has 1 aromatic heterocycles. The minimum Gasteiger partial charge on any atom is -0.313 e. The second-order valence-corrected chi connectivity index (χ2v) is 4.58. The molecule has 1 N–H and O–H groups in total. The minimum atomic E-state index is 0.330. The zero-order valence-corrected chi connectivity index (χ0v) is 11.4. The third-order valence-electron chi connectivity index (χ3n) is 3.34. The fourth-order valence-electron chi connectivity index (χ4n) is 2.34. The van der Waals surface area contributed by atoms with Crippen molar-refractivity contribution in [3.63, 3.8) is 0 Å².